The van der Waals surface area contributed by atoms with Gasteiger partial charge in [0.25, 0.3) is 0 Å². The minimum absolute atomic E-state index is 0.0271. The van der Waals surface area contributed by atoms with E-state index in [0.29, 0.717) is 0 Å². The molecule has 1 aromatic rings. The number of nitrogens with two attached hydrogens (primary N) is 1. The fraction of sp³-hybridized carbons (Fsp3) is 0.500. The first-order chi connectivity index (χ1) is 8.45. The average molecular weight is 313 g/mol. The topological polar surface area (TPSA) is 55.1 Å². The van der Waals surface area contributed by atoms with Crippen molar-refractivity contribution in [2.75, 3.05) is 0 Å². The minimum atomic E-state index is -0.437. The summed E-state index contributed by atoms with van der Waals surface area (Å²) in [4.78, 5) is 11.9. The van der Waals surface area contributed by atoms with Gasteiger partial charge < -0.3 is 11.1 Å². The van der Waals surface area contributed by atoms with Crippen LogP contribution in [0.4, 0.5) is 0 Å². The Hall–Kier alpha value is -0.870. The maximum atomic E-state index is 11.9. The molecule has 18 heavy (non-hydrogen) atoms. The van der Waals surface area contributed by atoms with Gasteiger partial charge in [-0.3, -0.25) is 4.79 Å². The highest BCUT2D eigenvalue weighted by Crippen LogP contribution is 2.17. The third kappa shape index (κ3) is 4.10. The van der Waals surface area contributed by atoms with Crippen molar-refractivity contribution in [3.8, 4) is 0 Å². The molecule has 0 spiro atoms. The van der Waals surface area contributed by atoms with Crippen LogP contribution in [0.1, 0.15) is 38.8 Å². The van der Waals surface area contributed by atoms with Gasteiger partial charge in [-0.15, -0.1) is 0 Å². The molecule has 0 aliphatic rings. The fourth-order valence-electron chi connectivity index (χ4n) is 1.66. The van der Waals surface area contributed by atoms with Crippen LogP contribution in [0.3, 0.4) is 0 Å². The molecule has 4 heteroatoms. The van der Waals surface area contributed by atoms with Gasteiger partial charge in [-0.2, -0.15) is 0 Å². The highest BCUT2D eigenvalue weighted by molar-refractivity contribution is 9.10. The van der Waals surface area contributed by atoms with Crippen molar-refractivity contribution >= 4 is 21.8 Å². The monoisotopic (exact) mass is 312 g/mol. The Morgan fingerprint density at radius 1 is 1.33 bits per heavy atom. The standard InChI is InChI=1S/C14H21BrN2O/c1-4-9(2)13(16)14(18)17-10(3)11-5-7-12(15)8-6-11/h5-10,13H,4,16H2,1-3H3,(H,17,18)/t9?,10-,13+/m1/s1. The number of amides is 1. The van der Waals surface area contributed by atoms with E-state index in [-0.39, 0.29) is 17.9 Å². The molecule has 3 nitrogen and oxygen atoms in total. The van der Waals surface area contributed by atoms with E-state index in [9.17, 15) is 4.79 Å². The molecule has 0 bridgehead atoms. The smallest absolute Gasteiger partial charge is 0.237 e. The lowest BCUT2D eigenvalue weighted by Gasteiger charge is -2.21. The van der Waals surface area contributed by atoms with Crippen LogP contribution >= 0.6 is 15.9 Å². The van der Waals surface area contributed by atoms with Crippen LogP contribution in [0.5, 0.6) is 0 Å². The molecule has 1 rings (SSSR count). The van der Waals surface area contributed by atoms with Crippen molar-refractivity contribution < 1.29 is 4.79 Å². The molecule has 1 aromatic carbocycles. The third-order valence-corrected chi connectivity index (χ3v) is 3.82. The van der Waals surface area contributed by atoms with Crippen LogP contribution in [0.15, 0.2) is 28.7 Å². The number of benzene rings is 1. The molecule has 0 aromatic heterocycles. The average Bonchev–Trinajstić information content (AvgIpc) is 2.37. The fourth-order valence-corrected chi connectivity index (χ4v) is 1.92. The zero-order valence-electron chi connectivity index (χ0n) is 11.1. The van der Waals surface area contributed by atoms with Gasteiger partial charge in [-0.25, -0.2) is 0 Å². The van der Waals surface area contributed by atoms with E-state index >= 15 is 0 Å². The van der Waals surface area contributed by atoms with Crippen molar-refractivity contribution in [1.82, 2.24) is 5.32 Å². The molecule has 0 saturated heterocycles. The van der Waals surface area contributed by atoms with Crippen LogP contribution in [0, 0.1) is 5.92 Å². The van der Waals surface area contributed by atoms with E-state index < -0.39 is 6.04 Å². The first-order valence-electron chi connectivity index (χ1n) is 6.27. The third-order valence-electron chi connectivity index (χ3n) is 3.29. The van der Waals surface area contributed by atoms with Crippen molar-refractivity contribution in [2.45, 2.75) is 39.3 Å². The normalized spacial score (nSPS) is 15.8. The number of carbonyl (C=O) groups is 1. The number of rotatable bonds is 5. The van der Waals surface area contributed by atoms with Crippen LogP contribution in [0.25, 0.3) is 0 Å². The number of halogens is 1. The summed E-state index contributed by atoms with van der Waals surface area (Å²) < 4.78 is 1.03. The second-order valence-corrected chi connectivity index (χ2v) is 5.61. The van der Waals surface area contributed by atoms with Crippen molar-refractivity contribution in [1.29, 1.82) is 0 Å². The highest BCUT2D eigenvalue weighted by Gasteiger charge is 2.21. The quantitative estimate of drug-likeness (QED) is 0.878. The zero-order chi connectivity index (χ0) is 13.7. The summed E-state index contributed by atoms with van der Waals surface area (Å²) in [6, 6.07) is 7.45. The van der Waals surface area contributed by atoms with E-state index in [4.69, 9.17) is 5.73 Å². The number of hydrogen-bond donors (Lipinski definition) is 2. The summed E-state index contributed by atoms with van der Waals surface area (Å²) in [5.74, 6) is 0.113. The molecule has 0 saturated carbocycles. The first kappa shape index (κ1) is 15.2. The van der Waals surface area contributed by atoms with Crippen LogP contribution in [0.2, 0.25) is 0 Å². The van der Waals surface area contributed by atoms with Gasteiger partial charge in [0.1, 0.15) is 0 Å². The summed E-state index contributed by atoms with van der Waals surface area (Å²) in [7, 11) is 0. The Bertz CT molecular complexity index is 391. The maximum Gasteiger partial charge on any atom is 0.237 e. The Morgan fingerprint density at radius 3 is 2.39 bits per heavy atom. The van der Waals surface area contributed by atoms with Gasteiger partial charge in [0.05, 0.1) is 12.1 Å². The lowest BCUT2D eigenvalue weighted by atomic mass is 9.98. The van der Waals surface area contributed by atoms with E-state index in [2.05, 4.69) is 21.2 Å². The molecular formula is C14H21BrN2O. The van der Waals surface area contributed by atoms with Crippen molar-refractivity contribution in [3.05, 3.63) is 34.3 Å². The molecular weight excluding hydrogens is 292 g/mol. The lowest BCUT2D eigenvalue weighted by Crippen LogP contribution is -2.45. The van der Waals surface area contributed by atoms with Gasteiger partial charge in [0.15, 0.2) is 0 Å². The summed E-state index contributed by atoms with van der Waals surface area (Å²) in [5.41, 5.74) is 6.97. The van der Waals surface area contributed by atoms with Gasteiger partial charge in [0, 0.05) is 4.47 Å². The van der Waals surface area contributed by atoms with Crippen LogP contribution < -0.4 is 11.1 Å². The summed E-state index contributed by atoms with van der Waals surface area (Å²) >= 11 is 3.39. The Morgan fingerprint density at radius 2 is 1.89 bits per heavy atom. The largest absolute Gasteiger partial charge is 0.348 e. The molecule has 1 amide bonds. The van der Waals surface area contributed by atoms with Crippen LogP contribution in [-0.4, -0.2) is 11.9 Å². The molecule has 100 valence electrons. The number of hydrogen-bond acceptors (Lipinski definition) is 2. The highest BCUT2D eigenvalue weighted by atomic mass is 79.9. The summed E-state index contributed by atoms with van der Waals surface area (Å²) in [5, 5.41) is 2.95. The molecule has 0 radical (unpaired) electrons. The van der Waals surface area contributed by atoms with Crippen molar-refractivity contribution in [3.63, 3.8) is 0 Å². The van der Waals surface area contributed by atoms with E-state index in [1.807, 2.05) is 45.0 Å². The molecule has 3 atom stereocenters. The molecule has 0 heterocycles. The number of nitrogens with one attached hydrogen (secondary N) is 1. The van der Waals surface area contributed by atoms with Crippen LogP contribution in [-0.2, 0) is 4.79 Å². The molecule has 0 aliphatic heterocycles. The molecule has 3 N–H and O–H groups in total. The van der Waals surface area contributed by atoms with Gasteiger partial charge >= 0.3 is 0 Å². The Balaban J connectivity index is 2.61. The molecule has 1 unspecified atom stereocenters. The van der Waals surface area contributed by atoms with E-state index in [1.165, 1.54) is 0 Å². The predicted molar refractivity (Wildman–Crippen MR) is 78.1 cm³/mol. The Labute approximate surface area is 117 Å². The minimum Gasteiger partial charge on any atom is -0.348 e. The molecule has 0 aliphatic carbocycles. The second kappa shape index (κ2) is 6.90. The summed E-state index contributed by atoms with van der Waals surface area (Å²) in [6.07, 6.45) is 0.904. The summed E-state index contributed by atoms with van der Waals surface area (Å²) in [6.45, 7) is 6.00. The number of carbonyl (C=O) groups excluding carboxylic acids is 1. The van der Waals surface area contributed by atoms with Gasteiger partial charge in [-0.05, 0) is 30.5 Å². The first-order valence-corrected chi connectivity index (χ1v) is 7.06. The maximum absolute atomic E-state index is 11.9. The lowest BCUT2D eigenvalue weighted by molar-refractivity contribution is -0.124. The zero-order valence-corrected chi connectivity index (χ0v) is 12.7. The Kier molecular flexibility index (Phi) is 5.82. The van der Waals surface area contributed by atoms with E-state index in [0.717, 1.165) is 16.5 Å². The molecule has 0 fully saturated rings. The van der Waals surface area contributed by atoms with Gasteiger partial charge in [-0.1, -0.05) is 48.3 Å². The SMILES string of the molecule is CCC(C)[C@H](N)C(=O)N[C@H](C)c1ccc(Br)cc1. The van der Waals surface area contributed by atoms with Gasteiger partial charge in [0.2, 0.25) is 5.91 Å². The van der Waals surface area contributed by atoms with E-state index in [1.54, 1.807) is 0 Å². The van der Waals surface area contributed by atoms with Crippen molar-refractivity contribution in [2.24, 2.45) is 11.7 Å². The predicted octanol–water partition coefficient (Wildman–Crippen LogP) is 3.00. The second-order valence-electron chi connectivity index (χ2n) is 4.69.